The molecule has 6 aliphatic heterocycles. The molecule has 16 heteroatoms. The summed E-state index contributed by atoms with van der Waals surface area (Å²) in [5, 5.41) is 0. The van der Waals surface area contributed by atoms with E-state index in [0.717, 1.165) is 32.8 Å². The second-order valence-corrected chi connectivity index (χ2v) is 11.3. The molecule has 0 aliphatic carbocycles. The van der Waals surface area contributed by atoms with Gasteiger partial charge in [-0.3, -0.25) is 0 Å². The van der Waals surface area contributed by atoms with E-state index in [1.807, 2.05) is 11.0 Å². The number of amidine groups is 4. The minimum Gasteiger partial charge on any atom is -0.247 e. The lowest BCUT2D eigenvalue weighted by Gasteiger charge is -2.40. The van der Waals surface area contributed by atoms with Crippen molar-refractivity contribution < 1.29 is 9.15 Å². The van der Waals surface area contributed by atoms with Crippen LogP contribution >= 0.6 is 22.7 Å². The third-order valence-electron chi connectivity index (χ3n) is 7.95. The summed E-state index contributed by atoms with van der Waals surface area (Å²) in [6, 6.07) is 0. The van der Waals surface area contributed by atoms with Gasteiger partial charge in [0.25, 0.3) is 23.3 Å². The van der Waals surface area contributed by atoms with Crippen molar-refractivity contribution in [2.24, 2.45) is 20.0 Å². The lowest BCUT2D eigenvalue weighted by Crippen LogP contribution is -2.71. The van der Waals surface area contributed by atoms with Gasteiger partial charge in [-0.1, -0.05) is 20.0 Å². The first-order chi connectivity index (χ1) is 19.4. The molecule has 0 aromatic carbocycles. The molecule has 39 heavy (non-hydrogen) atoms. The lowest BCUT2D eigenvalue weighted by atomic mass is 10.3. The predicted molar refractivity (Wildman–Crippen MR) is 136 cm³/mol. The van der Waals surface area contributed by atoms with Crippen LogP contribution in [0.5, 0.6) is 0 Å². The Bertz CT molecular complexity index is 2400. The minimum atomic E-state index is -1.11. The van der Waals surface area contributed by atoms with Crippen LogP contribution in [0.4, 0.5) is 11.6 Å². The Morgan fingerprint density at radius 3 is 1.90 bits per heavy atom. The Morgan fingerprint density at radius 1 is 0.564 bits per heavy atom. The first kappa shape index (κ1) is 18.1. The molecule has 6 aliphatic rings. The van der Waals surface area contributed by atoms with Crippen molar-refractivity contribution in [3.8, 4) is 0 Å². The maximum atomic E-state index is 5.20. The molecule has 178 valence electrons. The van der Waals surface area contributed by atoms with Crippen LogP contribution < -0.4 is 11.0 Å². The van der Waals surface area contributed by atoms with Crippen LogP contribution in [0.2, 0.25) is 0 Å². The van der Waals surface area contributed by atoms with E-state index in [0.29, 0.717) is 56.3 Å². The summed E-state index contributed by atoms with van der Waals surface area (Å²) < 4.78 is 8.50. The van der Waals surface area contributed by atoms with Crippen molar-refractivity contribution >= 4 is 79.7 Å². The topological polar surface area (TPSA) is 143 Å². The number of hydrogen-bond acceptors (Lipinski definition) is 12. The molecule has 0 saturated carbocycles. The van der Waals surface area contributed by atoms with Crippen molar-refractivity contribution in [2.75, 3.05) is 0 Å². The molecule has 6 aromatic heterocycles. The number of aliphatic imine (C=N–C) groups is 2. The van der Waals surface area contributed by atoms with Crippen LogP contribution in [0.3, 0.4) is 0 Å². The van der Waals surface area contributed by atoms with Gasteiger partial charge in [0.2, 0.25) is 22.6 Å². The first-order valence-electron chi connectivity index (χ1n) is 11.9. The zero-order valence-electron chi connectivity index (χ0n) is 19.0. The van der Waals surface area contributed by atoms with Gasteiger partial charge in [0.05, 0.1) is 11.0 Å². The molecule has 12 rings (SSSR count). The van der Waals surface area contributed by atoms with Gasteiger partial charge in [-0.15, -0.1) is 31.8 Å². The number of nitrogens with zero attached hydrogens (tertiary/aromatic N) is 14. The molecule has 1 atom stereocenters. The zero-order valence-corrected chi connectivity index (χ0v) is 20.7. The number of rotatable bonds is 0. The van der Waals surface area contributed by atoms with Crippen LogP contribution in [-0.2, 0) is 5.91 Å². The Labute approximate surface area is 221 Å². The van der Waals surface area contributed by atoms with Crippen molar-refractivity contribution in [1.82, 2.24) is 39.0 Å². The summed E-state index contributed by atoms with van der Waals surface area (Å²) in [6.07, 6.45) is 6.74. The summed E-state index contributed by atoms with van der Waals surface area (Å²) in [6.45, 7) is 0. The molecule has 0 saturated heterocycles. The van der Waals surface area contributed by atoms with E-state index < -0.39 is 5.91 Å². The molecule has 1 unspecified atom stereocenters. The van der Waals surface area contributed by atoms with Crippen LogP contribution in [0, 0.1) is 0 Å². The molecular formula is C23H6N14S2+2. The van der Waals surface area contributed by atoms with Gasteiger partial charge < -0.3 is 0 Å². The predicted octanol–water partition coefficient (Wildman–Crippen LogP) is 0.201. The summed E-state index contributed by atoms with van der Waals surface area (Å²) in [7, 11) is 0. The van der Waals surface area contributed by atoms with Crippen LogP contribution in [0.25, 0.3) is 22.1 Å². The van der Waals surface area contributed by atoms with Crippen molar-refractivity contribution in [3.05, 3.63) is 67.9 Å². The number of fused-ring (bicyclic) bond motifs is 12. The molecule has 0 fully saturated rings. The van der Waals surface area contributed by atoms with E-state index in [4.69, 9.17) is 49.9 Å². The van der Waals surface area contributed by atoms with E-state index >= 15 is 0 Å². The smallest absolute Gasteiger partial charge is 0.247 e. The maximum absolute atomic E-state index is 5.20. The maximum Gasteiger partial charge on any atom is 0.405 e. The Hall–Kier alpha value is -5.22. The van der Waals surface area contributed by atoms with E-state index in [9.17, 15) is 0 Å². The van der Waals surface area contributed by atoms with Crippen LogP contribution in [0.15, 0.2) is 55.8 Å². The summed E-state index contributed by atoms with van der Waals surface area (Å²) in [4.78, 5) is 51.0. The monoisotopic (exact) mass is 542 g/mol. The fourth-order valence-electron chi connectivity index (χ4n) is 6.66. The van der Waals surface area contributed by atoms with Crippen LogP contribution in [0.1, 0.15) is 21.1 Å². The van der Waals surface area contributed by atoms with Gasteiger partial charge in [-0.25, -0.2) is 29.9 Å². The van der Waals surface area contributed by atoms with Gasteiger partial charge >= 0.3 is 5.91 Å². The normalized spacial score (nSPS) is 21.4. The fraction of sp³-hybridized carbons (Fsp3) is 0.0435. The summed E-state index contributed by atoms with van der Waals surface area (Å²) in [5.74, 6) is 3.07. The summed E-state index contributed by atoms with van der Waals surface area (Å²) in [5.41, 5.74) is 9.18. The highest BCUT2D eigenvalue weighted by atomic mass is 32.1. The molecule has 14 nitrogen and oxygen atoms in total. The molecule has 12 heterocycles. The fourth-order valence-corrected chi connectivity index (χ4v) is 8.18. The Morgan fingerprint density at radius 2 is 1.15 bits per heavy atom. The standard InChI is InChI=1S/C23H6N14S2/c1-3-26-9-7(24-1)15-30-19-11-13(38-5-28-11)22-33-18-10-8(25-2-4-27-10)16-31-20-12-14(39-6-29-12)21-32-17(9)34(15)23(35(16)18,36(19)22)37(20)21/h1-6H/q+2. The van der Waals surface area contributed by atoms with Gasteiger partial charge in [0, 0.05) is 24.8 Å². The number of hydrogen-bond donors (Lipinski definition) is 0. The molecule has 6 aromatic rings. The third-order valence-corrected chi connectivity index (χ3v) is 9.59. The molecule has 0 N–H and O–H groups in total. The highest BCUT2D eigenvalue weighted by molar-refractivity contribution is 7.12. The summed E-state index contributed by atoms with van der Waals surface area (Å²) >= 11 is 3.08. The first-order valence-corrected chi connectivity index (χ1v) is 13.7. The van der Waals surface area contributed by atoms with Gasteiger partial charge in [-0.2, -0.15) is 9.13 Å². The van der Waals surface area contributed by atoms with E-state index in [2.05, 4.69) is 18.3 Å². The van der Waals surface area contributed by atoms with E-state index in [1.54, 1.807) is 24.8 Å². The highest BCUT2D eigenvalue weighted by Gasteiger charge is 2.70. The van der Waals surface area contributed by atoms with Gasteiger partial charge in [-0.05, 0) is 0 Å². The van der Waals surface area contributed by atoms with Gasteiger partial charge in [0.1, 0.15) is 9.75 Å². The molecule has 0 amide bonds. The minimum absolute atomic E-state index is 0.643. The second kappa shape index (κ2) is 5.33. The van der Waals surface area contributed by atoms with Crippen LogP contribution in [-0.4, -0.2) is 71.5 Å². The Balaban J connectivity index is 1.47. The molecule has 0 bridgehead atoms. The van der Waals surface area contributed by atoms with E-state index in [-0.39, 0.29) is 0 Å². The van der Waals surface area contributed by atoms with Crippen molar-refractivity contribution in [3.63, 3.8) is 0 Å². The Kier molecular flexibility index (Phi) is 2.48. The number of aromatic nitrogens is 8. The largest absolute Gasteiger partial charge is 0.405 e. The SMILES string of the molecule is c1cnc2c3n4c(c2n1)N=C1c2ncsc2C2=[N+]1C41n4c(c5nccnc5c4=N2)=NC2=[N+]1C(=N3)c1scnc12. The number of thiazole rings is 2. The average Bonchev–Trinajstić information content (AvgIpc) is 3.80. The zero-order chi connectivity index (χ0) is 24.8. The second-order valence-electron chi connectivity index (χ2n) is 9.55. The quantitative estimate of drug-likeness (QED) is 0.251. The molecule has 1 spiro atoms. The molecule has 0 radical (unpaired) electrons. The lowest BCUT2D eigenvalue weighted by molar-refractivity contribution is -0.790. The average molecular weight is 543 g/mol. The van der Waals surface area contributed by atoms with E-state index in [1.165, 1.54) is 22.7 Å². The van der Waals surface area contributed by atoms with Crippen molar-refractivity contribution in [1.29, 1.82) is 0 Å². The third kappa shape index (κ3) is 1.57. The molecular weight excluding hydrogens is 536 g/mol. The van der Waals surface area contributed by atoms with Crippen molar-refractivity contribution in [2.45, 2.75) is 5.91 Å². The highest BCUT2D eigenvalue weighted by Crippen LogP contribution is 2.51. The van der Waals surface area contributed by atoms with Gasteiger partial charge in [0.15, 0.2) is 33.5 Å².